The normalized spacial score (nSPS) is 12.6. The molecule has 2 nitrogen and oxygen atoms in total. The first-order chi connectivity index (χ1) is 7.81. The number of benzene rings is 1. The first kappa shape index (κ1) is 11.3. The van der Waals surface area contributed by atoms with Crippen LogP contribution in [0.25, 0.3) is 0 Å². The third-order valence-corrected chi connectivity index (χ3v) is 3.26. The molecular weight excluding hydrogens is 220 g/mol. The molecule has 0 unspecified atom stereocenters. The highest BCUT2D eigenvalue weighted by atomic mass is 32.2. The maximum atomic E-state index is 10.0. The highest BCUT2D eigenvalue weighted by Crippen LogP contribution is 2.25. The Morgan fingerprint density at radius 2 is 1.94 bits per heavy atom. The van der Waals surface area contributed by atoms with Crippen LogP contribution in [0.3, 0.4) is 0 Å². The van der Waals surface area contributed by atoms with Crippen molar-refractivity contribution >= 4 is 11.8 Å². The van der Waals surface area contributed by atoms with Crippen LogP contribution >= 0.6 is 11.8 Å². The Kier molecular flexibility index (Phi) is 3.70. The summed E-state index contributed by atoms with van der Waals surface area (Å²) < 4.78 is 4.96. The third kappa shape index (κ3) is 2.49. The van der Waals surface area contributed by atoms with E-state index in [0.717, 1.165) is 16.9 Å². The van der Waals surface area contributed by atoms with E-state index in [2.05, 4.69) is 6.92 Å². The molecule has 0 aliphatic heterocycles. The lowest BCUT2D eigenvalue weighted by molar-refractivity contribution is 0.219. The molecule has 16 heavy (non-hydrogen) atoms. The van der Waals surface area contributed by atoms with Gasteiger partial charge in [-0.3, -0.25) is 0 Å². The minimum atomic E-state index is -0.598. The SMILES string of the molecule is CCSc1ccc([C@@H](O)c2ccoc2)cc1. The summed E-state index contributed by atoms with van der Waals surface area (Å²) in [6, 6.07) is 9.75. The van der Waals surface area contributed by atoms with Gasteiger partial charge in [0.1, 0.15) is 6.10 Å². The van der Waals surface area contributed by atoms with E-state index in [-0.39, 0.29) is 0 Å². The van der Waals surface area contributed by atoms with Crippen LogP contribution in [0.2, 0.25) is 0 Å². The van der Waals surface area contributed by atoms with Crippen LogP contribution in [0.1, 0.15) is 24.2 Å². The summed E-state index contributed by atoms with van der Waals surface area (Å²) >= 11 is 1.79. The number of hydrogen-bond acceptors (Lipinski definition) is 3. The van der Waals surface area contributed by atoms with Gasteiger partial charge in [0.2, 0.25) is 0 Å². The van der Waals surface area contributed by atoms with Gasteiger partial charge in [-0.25, -0.2) is 0 Å². The molecule has 3 heteroatoms. The molecule has 2 aromatic rings. The van der Waals surface area contributed by atoms with E-state index in [1.807, 2.05) is 24.3 Å². The van der Waals surface area contributed by atoms with Crippen molar-refractivity contribution in [3.8, 4) is 0 Å². The number of aliphatic hydroxyl groups excluding tert-OH is 1. The van der Waals surface area contributed by atoms with Gasteiger partial charge in [0, 0.05) is 10.5 Å². The fourth-order valence-electron chi connectivity index (χ4n) is 1.54. The maximum absolute atomic E-state index is 10.0. The molecular formula is C13H14O2S. The van der Waals surface area contributed by atoms with Crippen LogP contribution in [0.4, 0.5) is 0 Å². The van der Waals surface area contributed by atoms with Crippen molar-refractivity contribution in [2.24, 2.45) is 0 Å². The standard InChI is InChI=1S/C13H14O2S/c1-2-16-12-5-3-10(4-6-12)13(14)11-7-8-15-9-11/h3-9,13-14H,2H2,1H3/t13-/m1/s1. The molecule has 0 aliphatic carbocycles. The van der Waals surface area contributed by atoms with Gasteiger partial charge in [-0.1, -0.05) is 19.1 Å². The van der Waals surface area contributed by atoms with Crippen molar-refractivity contribution in [1.29, 1.82) is 0 Å². The molecule has 0 amide bonds. The molecule has 84 valence electrons. The van der Waals surface area contributed by atoms with E-state index < -0.39 is 6.10 Å². The summed E-state index contributed by atoms with van der Waals surface area (Å²) in [5, 5.41) is 10.0. The smallest absolute Gasteiger partial charge is 0.107 e. The summed E-state index contributed by atoms with van der Waals surface area (Å²) in [6.07, 6.45) is 2.54. The Balaban J connectivity index is 2.15. The molecule has 1 aromatic carbocycles. The largest absolute Gasteiger partial charge is 0.472 e. The predicted molar refractivity (Wildman–Crippen MR) is 65.6 cm³/mol. The monoisotopic (exact) mass is 234 g/mol. The van der Waals surface area contributed by atoms with E-state index in [9.17, 15) is 5.11 Å². The Morgan fingerprint density at radius 3 is 2.50 bits per heavy atom. The van der Waals surface area contributed by atoms with Gasteiger partial charge in [-0.2, -0.15) is 0 Å². The number of hydrogen-bond donors (Lipinski definition) is 1. The Labute approximate surface area is 99.3 Å². The number of rotatable bonds is 4. The number of aliphatic hydroxyl groups is 1. The maximum Gasteiger partial charge on any atom is 0.107 e. The molecule has 0 spiro atoms. The van der Waals surface area contributed by atoms with Crippen molar-refractivity contribution in [2.45, 2.75) is 17.9 Å². The number of thioether (sulfide) groups is 1. The zero-order valence-electron chi connectivity index (χ0n) is 9.09. The number of furan rings is 1. The molecule has 0 fully saturated rings. The van der Waals surface area contributed by atoms with E-state index >= 15 is 0 Å². The summed E-state index contributed by atoms with van der Waals surface area (Å²) in [4.78, 5) is 1.23. The van der Waals surface area contributed by atoms with Gasteiger partial charge in [-0.15, -0.1) is 11.8 Å². The first-order valence-electron chi connectivity index (χ1n) is 5.24. The summed E-state index contributed by atoms with van der Waals surface area (Å²) in [7, 11) is 0. The van der Waals surface area contributed by atoms with Gasteiger partial charge in [-0.05, 0) is 29.5 Å². The van der Waals surface area contributed by atoms with Crippen molar-refractivity contribution < 1.29 is 9.52 Å². The van der Waals surface area contributed by atoms with Crippen LogP contribution in [-0.2, 0) is 0 Å². The molecule has 0 saturated heterocycles. The molecule has 0 radical (unpaired) electrons. The lowest BCUT2D eigenvalue weighted by Crippen LogP contribution is -1.97. The summed E-state index contributed by atoms with van der Waals surface area (Å²) in [6.45, 7) is 2.12. The van der Waals surface area contributed by atoms with Gasteiger partial charge in [0.25, 0.3) is 0 Å². The molecule has 1 aromatic heterocycles. The lowest BCUT2D eigenvalue weighted by Gasteiger charge is -2.09. The van der Waals surface area contributed by atoms with Crippen molar-refractivity contribution in [2.75, 3.05) is 5.75 Å². The second-order valence-electron chi connectivity index (χ2n) is 3.46. The summed E-state index contributed by atoms with van der Waals surface area (Å²) in [5.74, 6) is 1.06. The molecule has 1 N–H and O–H groups in total. The van der Waals surface area contributed by atoms with Crippen molar-refractivity contribution in [3.05, 3.63) is 54.0 Å². The second kappa shape index (κ2) is 5.23. The van der Waals surface area contributed by atoms with E-state index in [1.54, 1.807) is 30.4 Å². The highest BCUT2D eigenvalue weighted by Gasteiger charge is 2.10. The van der Waals surface area contributed by atoms with Gasteiger partial charge in [0.05, 0.1) is 12.5 Å². The summed E-state index contributed by atoms with van der Waals surface area (Å²) in [5.41, 5.74) is 1.68. The zero-order valence-corrected chi connectivity index (χ0v) is 9.91. The van der Waals surface area contributed by atoms with Crippen LogP contribution in [0.5, 0.6) is 0 Å². The van der Waals surface area contributed by atoms with Crippen LogP contribution in [0, 0.1) is 0 Å². The molecule has 0 bridgehead atoms. The molecule has 1 atom stereocenters. The van der Waals surface area contributed by atoms with E-state index in [1.165, 1.54) is 4.90 Å². The van der Waals surface area contributed by atoms with Gasteiger partial charge in [0.15, 0.2) is 0 Å². The molecule has 2 rings (SSSR count). The van der Waals surface area contributed by atoms with E-state index in [4.69, 9.17) is 4.42 Å². The fraction of sp³-hybridized carbons (Fsp3) is 0.231. The average molecular weight is 234 g/mol. The van der Waals surface area contributed by atoms with Crippen LogP contribution in [0.15, 0.2) is 52.2 Å². The zero-order chi connectivity index (χ0) is 11.4. The van der Waals surface area contributed by atoms with Crippen molar-refractivity contribution in [1.82, 2.24) is 0 Å². The molecule has 0 saturated carbocycles. The minimum absolute atomic E-state index is 0.598. The van der Waals surface area contributed by atoms with Gasteiger partial charge < -0.3 is 9.52 Å². The van der Waals surface area contributed by atoms with Crippen LogP contribution < -0.4 is 0 Å². The van der Waals surface area contributed by atoms with Crippen LogP contribution in [-0.4, -0.2) is 10.9 Å². The van der Waals surface area contributed by atoms with Crippen molar-refractivity contribution in [3.63, 3.8) is 0 Å². The van der Waals surface area contributed by atoms with E-state index in [0.29, 0.717) is 0 Å². The molecule has 1 heterocycles. The fourth-order valence-corrected chi connectivity index (χ4v) is 2.20. The first-order valence-corrected chi connectivity index (χ1v) is 6.22. The average Bonchev–Trinajstić information content (AvgIpc) is 2.83. The lowest BCUT2D eigenvalue weighted by atomic mass is 10.0. The Hall–Kier alpha value is -1.19. The third-order valence-electron chi connectivity index (χ3n) is 2.37. The Morgan fingerprint density at radius 1 is 1.19 bits per heavy atom. The Bertz CT molecular complexity index is 420. The highest BCUT2D eigenvalue weighted by molar-refractivity contribution is 7.99. The second-order valence-corrected chi connectivity index (χ2v) is 4.80. The van der Waals surface area contributed by atoms with Gasteiger partial charge >= 0.3 is 0 Å². The predicted octanol–water partition coefficient (Wildman–Crippen LogP) is 3.47. The minimum Gasteiger partial charge on any atom is -0.472 e. The quantitative estimate of drug-likeness (QED) is 0.822. The topological polar surface area (TPSA) is 33.4 Å². The molecule has 0 aliphatic rings.